The first-order valence-electron chi connectivity index (χ1n) is 5.90. The van der Waals surface area contributed by atoms with E-state index < -0.39 is 28.4 Å². The zero-order chi connectivity index (χ0) is 16.9. The summed E-state index contributed by atoms with van der Waals surface area (Å²) in [6.07, 6.45) is -0.397. The third-order valence-electron chi connectivity index (χ3n) is 2.55. The predicted molar refractivity (Wildman–Crippen MR) is 76.8 cm³/mol. The van der Waals surface area contributed by atoms with Gasteiger partial charge in [0.25, 0.3) is 0 Å². The van der Waals surface area contributed by atoms with Crippen molar-refractivity contribution in [3.8, 4) is 5.75 Å². The molecule has 0 spiro atoms. The van der Waals surface area contributed by atoms with E-state index in [1.807, 2.05) is 0 Å². The molecule has 0 aliphatic rings. The van der Waals surface area contributed by atoms with Gasteiger partial charge in [-0.05, 0) is 12.1 Å². The summed E-state index contributed by atoms with van der Waals surface area (Å²) in [7, 11) is -1.80. The highest BCUT2D eigenvalue weighted by Crippen LogP contribution is 2.32. The molecular formula is C12H14ClNO7S. The molecule has 2 N–H and O–H groups in total. The maximum Gasteiger partial charge on any atom is 0.341 e. The Morgan fingerprint density at radius 1 is 1.32 bits per heavy atom. The molecule has 0 aliphatic heterocycles. The lowest BCUT2D eigenvalue weighted by molar-refractivity contribution is -0.136. The molecule has 8 nitrogen and oxygen atoms in total. The van der Waals surface area contributed by atoms with E-state index in [1.165, 1.54) is 13.2 Å². The molecule has 0 saturated heterocycles. The highest BCUT2D eigenvalue weighted by Gasteiger charge is 2.26. The second kappa shape index (κ2) is 7.43. The molecule has 0 amide bonds. The normalized spacial score (nSPS) is 11.0. The molecule has 0 bridgehead atoms. The maximum atomic E-state index is 12.2. The number of benzene rings is 1. The highest BCUT2D eigenvalue weighted by molar-refractivity contribution is 7.89. The Morgan fingerprint density at radius 3 is 2.45 bits per heavy atom. The minimum Gasteiger partial charge on any atom is -0.494 e. The van der Waals surface area contributed by atoms with Gasteiger partial charge in [0.05, 0.1) is 20.6 Å². The van der Waals surface area contributed by atoms with Crippen molar-refractivity contribution in [2.45, 2.75) is 11.3 Å². The molecule has 122 valence electrons. The Labute approximate surface area is 132 Å². The first-order chi connectivity index (χ1) is 10.2. The number of carboxylic acids is 1. The summed E-state index contributed by atoms with van der Waals surface area (Å²) in [6, 6.07) is 2.30. The number of esters is 1. The number of carboxylic acid groups (broad SMARTS) is 1. The van der Waals surface area contributed by atoms with Crippen LogP contribution in [0.1, 0.15) is 16.8 Å². The third-order valence-corrected chi connectivity index (χ3v) is 4.23. The molecule has 1 aromatic carbocycles. The van der Waals surface area contributed by atoms with Crippen LogP contribution >= 0.6 is 11.6 Å². The van der Waals surface area contributed by atoms with Gasteiger partial charge in [-0.15, -0.1) is 0 Å². The zero-order valence-electron chi connectivity index (χ0n) is 11.8. The fourth-order valence-corrected chi connectivity index (χ4v) is 3.14. The van der Waals surface area contributed by atoms with Crippen molar-refractivity contribution < 1.29 is 32.6 Å². The van der Waals surface area contributed by atoms with E-state index in [0.29, 0.717) is 0 Å². The van der Waals surface area contributed by atoms with Crippen LogP contribution in [0.4, 0.5) is 0 Å². The van der Waals surface area contributed by atoms with Crippen LogP contribution in [0.15, 0.2) is 17.0 Å². The van der Waals surface area contributed by atoms with Gasteiger partial charge in [-0.3, -0.25) is 4.79 Å². The summed E-state index contributed by atoms with van der Waals surface area (Å²) in [5, 5.41) is 8.52. The monoisotopic (exact) mass is 351 g/mol. The summed E-state index contributed by atoms with van der Waals surface area (Å²) >= 11 is 5.82. The first-order valence-corrected chi connectivity index (χ1v) is 7.76. The van der Waals surface area contributed by atoms with E-state index in [9.17, 15) is 18.0 Å². The summed E-state index contributed by atoms with van der Waals surface area (Å²) in [6.45, 7) is -0.319. The van der Waals surface area contributed by atoms with Gasteiger partial charge >= 0.3 is 11.9 Å². The Morgan fingerprint density at radius 2 is 1.95 bits per heavy atom. The van der Waals surface area contributed by atoms with Crippen LogP contribution in [0, 0.1) is 0 Å². The van der Waals surface area contributed by atoms with Crippen molar-refractivity contribution in [1.82, 2.24) is 4.72 Å². The van der Waals surface area contributed by atoms with E-state index >= 15 is 0 Å². The number of carbonyl (C=O) groups is 2. The van der Waals surface area contributed by atoms with Crippen molar-refractivity contribution in [3.05, 3.63) is 22.7 Å². The molecule has 0 heterocycles. The molecular weight excluding hydrogens is 338 g/mol. The van der Waals surface area contributed by atoms with Crippen molar-refractivity contribution >= 4 is 33.6 Å². The molecule has 0 aliphatic carbocycles. The zero-order valence-corrected chi connectivity index (χ0v) is 13.3. The second-order valence-electron chi connectivity index (χ2n) is 4.02. The first kappa shape index (κ1) is 18.2. The van der Waals surface area contributed by atoms with Crippen molar-refractivity contribution in [2.24, 2.45) is 0 Å². The lowest BCUT2D eigenvalue weighted by Gasteiger charge is -2.14. The number of sulfonamides is 1. The van der Waals surface area contributed by atoms with Crippen molar-refractivity contribution in [3.63, 3.8) is 0 Å². The van der Waals surface area contributed by atoms with Gasteiger partial charge in [-0.1, -0.05) is 11.6 Å². The highest BCUT2D eigenvalue weighted by atomic mass is 35.5. The summed E-state index contributed by atoms with van der Waals surface area (Å²) < 4.78 is 36.0. The van der Waals surface area contributed by atoms with Crippen LogP contribution in [0.3, 0.4) is 0 Å². The SMILES string of the molecule is COC(=O)c1cc(Cl)cc(S(=O)(=O)NCCC(=O)O)c1OC. The van der Waals surface area contributed by atoms with Crippen LogP contribution < -0.4 is 9.46 Å². The number of ether oxygens (including phenoxy) is 2. The lowest BCUT2D eigenvalue weighted by Crippen LogP contribution is -2.27. The molecule has 1 rings (SSSR count). The number of halogens is 1. The summed E-state index contributed by atoms with van der Waals surface area (Å²) in [4.78, 5) is 21.7. The molecule has 0 unspecified atom stereocenters. The van der Waals surface area contributed by atoms with E-state index in [1.54, 1.807) is 0 Å². The van der Waals surface area contributed by atoms with Crippen molar-refractivity contribution in [1.29, 1.82) is 0 Å². The molecule has 0 saturated carbocycles. The smallest absolute Gasteiger partial charge is 0.341 e. The number of methoxy groups -OCH3 is 2. The van der Waals surface area contributed by atoms with Crippen LogP contribution in [0.5, 0.6) is 5.75 Å². The van der Waals surface area contributed by atoms with Gasteiger partial charge in [0, 0.05) is 11.6 Å². The van der Waals surface area contributed by atoms with Gasteiger partial charge < -0.3 is 14.6 Å². The van der Waals surface area contributed by atoms with E-state index in [4.69, 9.17) is 21.4 Å². The molecule has 0 radical (unpaired) electrons. The average Bonchev–Trinajstić information content (AvgIpc) is 2.44. The molecule has 10 heteroatoms. The number of hydrogen-bond donors (Lipinski definition) is 2. The molecule has 0 aromatic heterocycles. The molecule has 0 atom stereocenters. The van der Waals surface area contributed by atoms with Crippen LogP contribution in [-0.4, -0.2) is 46.2 Å². The maximum absolute atomic E-state index is 12.2. The number of aliphatic carboxylic acids is 1. The van der Waals surface area contributed by atoms with E-state index in [-0.39, 0.29) is 27.8 Å². The Balaban J connectivity index is 3.30. The topological polar surface area (TPSA) is 119 Å². The summed E-state index contributed by atoms with van der Waals surface area (Å²) in [5.41, 5.74) is -0.156. The van der Waals surface area contributed by atoms with Crippen molar-refractivity contribution in [2.75, 3.05) is 20.8 Å². The number of rotatable bonds is 7. The van der Waals surface area contributed by atoms with Gasteiger partial charge in [0.1, 0.15) is 10.5 Å². The summed E-state index contributed by atoms with van der Waals surface area (Å²) in [5.74, 6) is -2.21. The van der Waals surface area contributed by atoms with Crippen LogP contribution in [0.2, 0.25) is 5.02 Å². The Hall–Kier alpha value is -1.84. The van der Waals surface area contributed by atoms with E-state index in [0.717, 1.165) is 13.2 Å². The number of nitrogens with one attached hydrogen (secondary N) is 1. The fourth-order valence-electron chi connectivity index (χ4n) is 1.61. The second-order valence-corrected chi connectivity index (χ2v) is 6.19. The number of carbonyl (C=O) groups excluding carboxylic acids is 1. The average molecular weight is 352 g/mol. The lowest BCUT2D eigenvalue weighted by atomic mass is 10.2. The molecule has 0 fully saturated rings. The Bertz CT molecular complexity index is 687. The molecule has 1 aromatic rings. The minimum atomic E-state index is -4.12. The van der Waals surface area contributed by atoms with Crippen LogP contribution in [-0.2, 0) is 19.6 Å². The minimum absolute atomic E-state index is 0.0141. The van der Waals surface area contributed by atoms with Gasteiger partial charge in [0.15, 0.2) is 5.75 Å². The predicted octanol–water partition coefficient (Wildman–Crippen LogP) is 0.888. The van der Waals surface area contributed by atoms with Gasteiger partial charge in [-0.25, -0.2) is 17.9 Å². The van der Waals surface area contributed by atoms with Gasteiger partial charge in [-0.2, -0.15) is 0 Å². The Kier molecular flexibility index (Phi) is 6.15. The fraction of sp³-hybridized carbons (Fsp3) is 0.333. The van der Waals surface area contributed by atoms with Crippen LogP contribution in [0.25, 0.3) is 0 Å². The molecule has 22 heavy (non-hydrogen) atoms. The van der Waals surface area contributed by atoms with E-state index in [2.05, 4.69) is 9.46 Å². The largest absolute Gasteiger partial charge is 0.494 e. The third kappa shape index (κ3) is 4.33. The standard InChI is InChI=1S/C12H14ClNO7S/c1-20-11-8(12(17)21-2)5-7(13)6-9(11)22(18,19)14-4-3-10(15)16/h5-6,14H,3-4H2,1-2H3,(H,15,16). The van der Waals surface area contributed by atoms with Gasteiger partial charge in [0.2, 0.25) is 10.0 Å². The quantitative estimate of drug-likeness (QED) is 0.700. The number of hydrogen-bond acceptors (Lipinski definition) is 6.